The highest BCUT2D eigenvalue weighted by atomic mass is 15.2. The van der Waals surface area contributed by atoms with E-state index < -0.39 is 0 Å². The average molecular weight is 349 g/mol. The number of likely N-dealkylation sites (tertiary alicyclic amines) is 2. The summed E-state index contributed by atoms with van der Waals surface area (Å²) in [5.41, 5.74) is 2.99. The summed E-state index contributed by atoms with van der Waals surface area (Å²) >= 11 is 0. The third-order valence-corrected chi connectivity index (χ3v) is 6.62. The minimum absolute atomic E-state index is 0.715. The van der Waals surface area contributed by atoms with Gasteiger partial charge in [0.1, 0.15) is 0 Å². The first-order valence-electron chi connectivity index (χ1n) is 10.3. The van der Waals surface area contributed by atoms with Crippen molar-refractivity contribution in [2.75, 3.05) is 26.2 Å². The molecule has 2 aliphatic rings. The van der Waals surface area contributed by atoms with E-state index in [0.717, 1.165) is 18.4 Å². The van der Waals surface area contributed by atoms with Crippen LogP contribution in [0.4, 0.5) is 0 Å². The molecule has 2 aliphatic heterocycles. The Balaban J connectivity index is 1.27. The smallest absolute Gasteiger partial charge is 0.0233 e. The predicted molar refractivity (Wildman–Crippen MR) is 109 cm³/mol. The van der Waals surface area contributed by atoms with Crippen molar-refractivity contribution in [1.29, 1.82) is 0 Å². The van der Waals surface area contributed by atoms with E-state index in [1.165, 1.54) is 56.6 Å². The molecule has 0 amide bonds. The normalized spacial score (nSPS) is 24.0. The van der Waals surface area contributed by atoms with Gasteiger partial charge in [0.15, 0.2) is 0 Å². The van der Waals surface area contributed by atoms with Gasteiger partial charge >= 0.3 is 0 Å². The Morgan fingerprint density at radius 2 is 1.50 bits per heavy atom. The summed E-state index contributed by atoms with van der Waals surface area (Å²) in [6.07, 6.45) is 3.98. The molecule has 0 saturated carbocycles. The minimum atomic E-state index is 0.715. The summed E-state index contributed by atoms with van der Waals surface area (Å²) in [6, 6.07) is 22.8. The van der Waals surface area contributed by atoms with Crippen LogP contribution in [0.2, 0.25) is 0 Å². The molecule has 0 bridgehead atoms. The van der Waals surface area contributed by atoms with Crippen LogP contribution in [0.25, 0.3) is 0 Å². The van der Waals surface area contributed by atoms with Gasteiger partial charge in [-0.05, 0) is 68.8 Å². The molecule has 0 spiro atoms. The molecule has 26 heavy (non-hydrogen) atoms. The summed E-state index contributed by atoms with van der Waals surface area (Å²) in [6.45, 7) is 8.62. The van der Waals surface area contributed by atoms with E-state index in [9.17, 15) is 0 Å². The molecule has 2 atom stereocenters. The molecule has 2 aromatic rings. The van der Waals surface area contributed by atoms with Gasteiger partial charge in [-0.2, -0.15) is 0 Å². The van der Waals surface area contributed by atoms with E-state index in [2.05, 4.69) is 77.4 Å². The molecular formula is C24H32N2. The highest BCUT2D eigenvalue weighted by molar-refractivity contribution is 5.20. The first-order valence-corrected chi connectivity index (χ1v) is 10.3. The number of nitrogens with zero attached hydrogens (tertiary/aromatic N) is 2. The Hall–Kier alpha value is -1.64. The fourth-order valence-corrected chi connectivity index (χ4v) is 4.91. The van der Waals surface area contributed by atoms with Gasteiger partial charge in [0.2, 0.25) is 0 Å². The number of piperidine rings is 1. The van der Waals surface area contributed by atoms with Crippen molar-refractivity contribution in [2.24, 2.45) is 5.92 Å². The molecule has 2 heterocycles. The third-order valence-electron chi connectivity index (χ3n) is 6.62. The SMILES string of the molecule is CC(C1CCN(Cc2ccccc2)C1)N1CCC(c2ccccc2)CC1. The topological polar surface area (TPSA) is 6.48 Å². The van der Waals surface area contributed by atoms with Crippen molar-refractivity contribution in [3.8, 4) is 0 Å². The Labute approximate surface area is 158 Å². The highest BCUT2D eigenvalue weighted by Gasteiger charge is 2.32. The second-order valence-corrected chi connectivity index (χ2v) is 8.23. The largest absolute Gasteiger partial charge is 0.300 e. The molecule has 2 unspecified atom stereocenters. The zero-order chi connectivity index (χ0) is 17.8. The predicted octanol–water partition coefficient (Wildman–Crippen LogP) is 4.78. The van der Waals surface area contributed by atoms with E-state index in [1.54, 1.807) is 0 Å². The molecule has 2 aromatic carbocycles. The van der Waals surface area contributed by atoms with Crippen LogP contribution in [0, 0.1) is 5.92 Å². The number of benzene rings is 2. The quantitative estimate of drug-likeness (QED) is 0.767. The van der Waals surface area contributed by atoms with Gasteiger partial charge < -0.3 is 4.90 Å². The zero-order valence-electron chi connectivity index (χ0n) is 16.1. The van der Waals surface area contributed by atoms with E-state index in [1.807, 2.05) is 0 Å². The summed E-state index contributed by atoms with van der Waals surface area (Å²) < 4.78 is 0. The molecule has 138 valence electrons. The van der Waals surface area contributed by atoms with Gasteiger partial charge in [-0.1, -0.05) is 60.7 Å². The second kappa shape index (κ2) is 8.37. The van der Waals surface area contributed by atoms with Crippen LogP contribution in [0.5, 0.6) is 0 Å². The molecule has 0 radical (unpaired) electrons. The van der Waals surface area contributed by atoms with Crippen LogP contribution < -0.4 is 0 Å². The van der Waals surface area contributed by atoms with Crippen LogP contribution in [0.3, 0.4) is 0 Å². The summed E-state index contributed by atoms with van der Waals surface area (Å²) in [4.78, 5) is 5.41. The highest BCUT2D eigenvalue weighted by Crippen LogP contribution is 2.31. The maximum absolute atomic E-state index is 2.76. The lowest BCUT2D eigenvalue weighted by atomic mass is 9.87. The molecule has 0 N–H and O–H groups in total. The molecule has 2 fully saturated rings. The van der Waals surface area contributed by atoms with E-state index in [4.69, 9.17) is 0 Å². The number of hydrogen-bond acceptors (Lipinski definition) is 2. The first-order chi connectivity index (χ1) is 12.8. The van der Waals surface area contributed by atoms with Crippen LogP contribution in [0.1, 0.15) is 43.2 Å². The van der Waals surface area contributed by atoms with Crippen molar-refractivity contribution in [1.82, 2.24) is 9.80 Å². The maximum Gasteiger partial charge on any atom is 0.0233 e. The molecule has 2 nitrogen and oxygen atoms in total. The Morgan fingerprint density at radius 1 is 0.846 bits per heavy atom. The fourth-order valence-electron chi connectivity index (χ4n) is 4.91. The Bertz CT molecular complexity index is 659. The van der Waals surface area contributed by atoms with Gasteiger partial charge in [-0.15, -0.1) is 0 Å². The van der Waals surface area contributed by atoms with Crippen LogP contribution in [-0.2, 0) is 6.54 Å². The van der Waals surface area contributed by atoms with Crippen molar-refractivity contribution < 1.29 is 0 Å². The summed E-state index contributed by atoms with van der Waals surface area (Å²) in [5.74, 6) is 1.59. The molecule has 2 heteroatoms. The Kier molecular flexibility index (Phi) is 5.72. The fraction of sp³-hybridized carbons (Fsp3) is 0.500. The van der Waals surface area contributed by atoms with Gasteiger partial charge in [0, 0.05) is 19.1 Å². The lowest BCUT2D eigenvalue weighted by molar-refractivity contribution is 0.120. The van der Waals surface area contributed by atoms with Crippen LogP contribution >= 0.6 is 0 Å². The van der Waals surface area contributed by atoms with Gasteiger partial charge in [0.05, 0.1) is 0 Å². The molecule has 4 rings (SSSR count). The maximum atomic E-state index is 2.76. The van der Waals surface area contributed by atoms with E-state index in [-0.39, 0.29) is 0 Å². The summed E-state index contributed by atoms with van der Waals surface area (Å²) in [7, 11) is 0. The molecule has 0 aromatic heterocycles. The van der Waals surface area contributed by atoms with Crippen molar-refractivity contribution >= 4 is 0 Å². The number of hydrogen-bond donors (Lipinski definition) is 0. The third kappa shape index (κ3) is 4.19. The van der Waals surface area contributed by atoms with Crippen molar-refractivity contribution in [3.63, 3.8) is 0 Å². The lowest BCUT2D eigenvalue weighted by Gasteiger charge is -2.38. The monoisotopic (exact) mass is 348 g/mol. The van der Waals surface area contributed by atoms with Crippen molar-refractivity contribution in [2.45, 2.75) is 44.7 Å². The average Bonchev–Trinajstić information content (AvgIpc) is 3.17. The lowest BCUT2D eigenvalue weighted by Crippen LogP contribution is -2.44. The minimum Gasteiger partial charge on any atom is -0.300 e. The van der Waals surface area contributed by atoms with Gasteiger partial charge in [-0.25, -0.2) is 0 Å². The molecule has 2 saturated heterocycles. The Morgan fingerprint density at radius 3 is 2.19 bits per heavy atom. The van der Waals surface area contributed by atoms with Crippen molar-refractivity contribution in [3.05, 3.63) is 71.8 Å². The standard InChI is InChI=1S/C24H32N2/c1-20(24-12-15-25(19-24)18-21-8-4-2-5-9-21)26-16-13-23(14-17-26)22-10-6-3-7-11-22/h2-11,20,23-24H,12-19H2,1H3. The van der Waals surface area contributed by atoms with Gasteiger partial charge in [0.25, 0.3) is 0 Å². The first kappa shape index (κ1) is 17.8. The van der Waals surface area contributed by atoms with Crippen LogP contribution in [-0.4, -0.2) is 42.0 Å². The number of rotatable bonds is 5. The summed E-state index contributed by atoms with van der Waals surface area (Å²) in [5, 5.41) is 0. The second-order valence-electron chi connectivity index (χ2n) is 8.23. The molecule has 0 aliphatic carbocycles. The van der Waals surface area contributed by atoms with E-state index >= 15 is 0 Å². The molecular weight excluding hydrogens is 316 g/mol. The zero-order valence-corrected chi connectivity index (χ0v) is 16.1. The van der Waals surface area contributed by atoms with E-state index in [0.29, 0.717) is 6.04 Å². The van der Waals surface area contributed by atoms with Crippen LogP contribution in [0.15, 0.2) is 60.7 Å². The van der Waals surface area contributed by atoms with Gasteiger partial charge in [-0.3, -0.25) is 4.90 Å².